The molecule has 0 fully saturated rings. The molecule has 3 heteroatoms. The lowest BCUT2D eigenvalue weighted by atomic mass is 9.94. The molecule has 2 heterocycles. The lowest BCUT2D eigenvalue weighted by molar-refractivity contribution is 0.619. The number of nitrogens with zero attached hydrogens (tertiary/aromatic N) is 1. The van der Waals surface area contributed by atoms with Crippen molar-refractivity contribution in [2.24, 2.45) is 0 Å². The molecule has 0 N–H and O–H groups in total. The molecule has 156 valence electrons. The van der Waals surface area contributed by atoms with Crippen LogP contribution in [0.25, 0.3) is 54.7 Å². The Bertz CT molecular complexity index is 1690. The second kappa shape index (κ2) is 6.89. The minimum atomic E-state index is -0.200. The summed E-state index contributed by atoms with van der Waals surface area (Å²) in [6.07, 6.45) is 2.76. The van der Waals surface area contributed by atoms with Crippen LogP contribution in [-0.4, -0.2) is 4.98 Å². The third kappa shape index (κ3) is 2.67. The van der Waals surface area contributed by atoms with Gasteiger partial charge in [0.1, 0.15) is 17.0 Å². The highest BCUT2D eigenvalue weighted by Gasteiger charge is 2.17. The highest BCUT2D eigenvalue weighted by atomic mass is 19.1. The molecule has 0 spiro atoms. The number of hydrogen-bond acceptors (Lipinski definition) is 2. The van der Waals surface area contributed by atoms with Crippen molar-refractivity contribution in [2.45, 2.75) is 27.2 Å². The normalized spacial score (nSPS) is 11.9. The fourth-order valence-corrected chi connectivity index (χ4v) is 4.89. The zero-order chi connectivity index (χ0) is 22.0. The largest absolute Gasteiger partial charge is 0.455 e. The van der Waals surface area contributed by atoms with E-state index in [1.165, 1.54) is 28.0 Å². The van der Waals surface area contributed by atoms with Crippen molar-refractivity contribution in [2.75, 3.05) is 0 Å². The number of halogens is 1. The molecule has 2 nitrogen and oxygen atoms in total. The summed E-state index contributed by atoms with van der Waals surface area (Å²) in [6.45, 7) is 6.06. The van der Waals surface area contributed by atoms with Crippen molar-refractivity contribution in [1.82, 2.24) is 4.98 Å². The summed E-state index contributed by atoms with van der Waals surface area (Å²) >= 11 is 0. The molecule has 0 atom stereocenters. The second-order valence-electron chi connectivity index (χ2n) is 8.57. The molecule has 0 saturated carbocycles. The van der Waals surface area contributed by atoms with Gasteiger partial charge in [0.15, 0.2) is 0 Å². The second-order valence-corrected chi connectivity index (χ2v) is 8.57. The summed E-state index contributed by atoms with van der Waals surface area (Å²) in [5.74, 6) is -0.200. The Morgan fingerprint density at radius 1 is 0.812 bits per heavy atom. The maximum atomic E-state index is 13.9. The first-order valence-electron chi connectivity index (χ1n) is 11.0. The number of aryl methyl sites for hydroxylation is 3. The van der Waals surface area contributed by atoms with Gasteiger partial charge in [-0.3, -0.25) is 4.98 Å². The molecule has 0 aliphatic rings. The van der Waals surface area contributed by atoms with E-state index < -0.39 is 0 Å². The van der Waals surface area contributed by atoms with Crippen molar-refractivity contribution in [3.8, 4) is 11.3 Å². The van der Waals surface area contributed by atoms with Crippen LogP contribution in [0, 0.1) is 19.7 Å². The van der Waals surface area contributed by atoms with Gasteiger partial charge in [-0.05, 0) is 90.2 Å². The van der Waals surface area contributed by atoms with Crippen LogP contribution in [0.15, 0.2) is 71.3 Å². The number of fused-ring (bicyclic) bond motifs is 7. The van der Waals surface area contributed by atoms with E-state index in [4.69, 9.17) is 4.42 Å². The summed E-state index contributed by atoms with van der Waals surface area (Å²) < 4.78 is 20.3. The third-order valence-electron chi connectivity index (χ3n) is 6.53. The van der Waals surface area contributed by atoms with Gasteiger partial charge >= 0.3 is 0 Å². The number of furan rings is 1. The molecular weight excluding hydrogens is 397 g/mol. The van der Waals surface area contributed by atoms with Gasteiger partial charge in [-0.15, -0.1) is 0 Å². The molecule has 2 aromatic heterocycles. The predicted octanol–water partition coefficient (Wildman–Crippen LogP) is 8.27. The van der Waals surface area contributed by atoms with Crippen LogP contribution in [0.2, 0.25) is 0 Å². The number of aromatic nitrogens is 1. The van der Waals surface area contributed by atoms with Gasteiger partial charge in [0.2, 0.25) is 0 Å². The Labute approximate surface area is 185 Å². The van der Waals surface area contributed by atoms with Crippen molar-refractivity contribution in [3.63, 3.8) is 0 Å². The maximum absolute atomic E-state index is 13.9. The smallest absolute Gasteiger partial charge is 0.143 e. The Balaban J connectivity index is 1.72. The van der Waals surface area contributed by atoms with Gasteiger partial charge in [0, 0.05) is 33.3 Å². The van der Waals surface area contributed by atoms with E-state index in [0.29, 0.717) is 5.56 Å². The standard InChI is InChI=1S/C29H22FNO/c1-4-18-15-24-20-11-12-31-28(19-6-10-25(30)17(3)14-19)21(20)8-9-22(24)29-27(18)23-7-5-16(2)13-26(23)32-29/h5-15H,4H2,1-3H3. The van der Waals surface area contributed by atoms with Crippen molar-refractivity contribution in [1.29, 1.82) is 0 Å². The van der Waals surface area contributed by atoms with Gasteiger partial charge in [-0.25, -0.2) is 4.39 Å². The lowest BCUT2D eigenvalue weighted by Gasteiger charge is -2.11. The molecule has 0 radical (unpaired) electrons. The van der Waals surface area contributed by atoms with E-state index in [1.807, 2.05) is 12.3 Å². The quantitative estimate of drug-likeness (QED) is 0.264. The van der Waals surface area contributed by atoms with E-state index in [9.17, 15) is 4.39 Å². The maximum Gasteiger partial charge on any atom is 0.143 e. The zero-order valence-corrected chi connectivity index (χ0v) is 18.3. The van der Waals surface area contributed by atoms with Crippen LogP contribution >= 0.6 is 0 Å². The molecule has 0 bridgehead atoms. The monoisotopic (exact) mass is 419 g/mol. The number of benzene rings is 4. The topological polar surface area (TPSA) is 26.0 Å². The highest BCUT2D eigenvalue weighted by molar-refractivity contribution is 6.22. The first kappa shape index (κ1) is 19.0. The van der Waals surface area contributed by atoms with Gasteiger partial charge in [-0.1, -0.05) is 25.1 Å². The van der Waals surface area contributed by atoms with Crippen molar-refractivity contribution in [3.05, 3.63) is 89.4 Å². The average Bonchev–Trinajstić information content (AvgIpc) is 3.18. The van der Waals surface area contributed by atoms with Crippen LogP contribution < -0.4 is 0 Å². The lowest BCUT2D eigenvalue weighted by Crippen LogP contribution is -1.91. The minimum absolute atomic E-state index is 0.200. The van der Waals surface area contributed by atoms with E-state index in [0.717, 1.165) is 50.4 Å². The van der Waals surface area contributed by atoms with Crippen LogP contribution in [0.4, 0.5) is 4.39 Å². The highest BCUT2D eigenvalue weighted by Crippen LogP contribution is 2.40. The Hall–Kier alpha value is -3.72. The van der Waals surface area contributed by atoms with E-state index >= 15 is 0 Å². The van der Waals surface area contributed by atoms with E-state index in [1.54, 1.807) is 13.0 Å². The first-order chi connectivity index (χ1) is 15.5. The van der Waals surface area contributed by atoms with Crippen LogP contribution in [-0.2, 0) is 6.42 Å². The molecule has 32 heavy (non-hydrogen) atoms. The first-order valence-corrected chi connectivity index (χ1v) is 11.0. The summed E-state index contributed by atoms with van der Waals surface area (Å²) in [7, 11) is 0. The summed E-state index contributed by atoms with van der Waals surface area (Å²) in [4.78, 5) is 4.66. The zero-order valence-electron chi connectivity index (χ0n) is 18.3. The Morgan fingerprint density at radius 2 is 1.62 bits per heavy atom. The van der Waals surface area contributed by atoms with Gasteiger partial charge in [0.25, 0.3) is 0 Å². The average molecular weight is 419 g/mol. The molecule has 0 aliphatic carbocycles. The molecule has 0 amide bonds. The molecule has 4 aromatic carbocycles. The SMILES string of the molecule is CCc1cc2c3ccnc(-c4ccc(F)c(C)c4)c3ccc2c2oc3cc(C)ccc3c12. The number of hydrogen-bond donors (Lipinski definition) is 0. The number of pyridine rings is 1. The Morgan fingerprint density at radius 3 is 2.44 bits per heavy atom. The van der Waals surface area contributed by atoms with Crippen LogP contribution in [0.1, 0.15) is 23.6 Å². The van der Waals surface area contributed by atoms with Gasteiger partial charge in [-0.2, -0.15) is 0 Å². The minimum Gasteiger partial charge on any atom is -0.455 e. The Kier molecular flexibility index (Phi) is 4.09. The van der Waals surface area contributed by atoms with Crippen molar-refractivity contribution < 1.29 is 8.81 Å². The molecule has 6 aromatic rings. The molecule has 0 saturated heterocycles. The molecule has 6 rings (SSSR count). The van der Waals surface area contributed by atoms with E-state index in [2.05, 4.69) is 61.3 Å². The molecule has 0 aliphatic heterocycles. The van der Waals surface area contributed by atoms with Gasteiger partial charge < -0.3 is 4.42 Å². The fraction of sp³-hybridized carbons (Fsp3) is 0.138. The number of rotatable bonds is 2. The fourth-order valence-electron chi connectivity index (χ4n) is 4.89. The molecule has 0 unspecified atom stereocenters. The summed E-state index contributed by atoms with van der Waals surface area (Å²) in [5, 5.41) is 6.82. The third-order valence-corrected chi connectivity index (χ3v) is 6.53. The van der Waals surface area contributed by atoms with Gasteiger partial charge in [0.05, 0.1) is 5.69 Å². The van der Waals surface area contributed by atoms with Crippen LogP contribution in [0.3, 0.4) is 0 Å². The predicted molar refractivity (Wildman–Crippen MR) is 131 cm³/mol. The summed E-state index contributed by atoms with van der Waals surface area (Å²) in [5.41, 5.74) is 6.75. The molecular formula is C29H22FNO. The van der Waals surface area contributed by atoms with E-state index in [-0.39, 0.29) is 5.82 Å². The van der Waals surface area contributed by atoms with Crippen molar-refractivity contribution >= 4 is 43.5 Å². The summed E-state index contributed by atoms with van der Waals surface area (Å²) in [6, 6.07) is 20.2. The van der Waals surface area contributed by atoms with Crippen LogP contribution in [0.5, 0.6) is 0 Å².